The Morgan fingerprint density at radius 2 is 2.00 bits per heavy atom. The summed E-state index contributed by atoms with van der Waals surface area (Å²) in [5.74, 6) is 5.43. The lowest BCUT2D eigenvalue weighted by atomic mass is 9.97. The van der Waals surface area contributed by atoms with E-state index >= 15 is 0 Å². The fourth-order valence-corrected chi connectivity index (χ4v) is 5.02. The molecule has 0 saturated carbocycles. The number of amides is 1. The van der Waals surface area contributed by atoms with Gasteiger partial charge in [-0.1, -0.05) is 17.9 Å². The minimum absolute atomic E-state index is 0.0571. The van der Waals surface area contributed by atoms with Gasteiger partial charge in [0.25, 0.3) is 5.91 Å². The summed E-state index contributed by atoms with van der Waals surface area (Å²) in [6, 6.07) is 6.58. The van der Waals surface area contributed by atoms with Gasteiger partial charge >= 0.3 is 6.61 Å². The third-order valence-electron chi connectivity index (χ3n) is 6.54. The maximum atomic E-state index is 14.9. The second kappa shape index (κ2) is 7.63. The highest BCUT2D eigenvalue weighted by atomic mass is 19.3. The van der Waals surface area contributed by atoms with Crippen LogP contribution in [0.3, 0.4) is 0 Å². The molecule has 0 unspecified atom stereocenters. The van der Waals surface area contributed by atoms with Crippen molar-refractivity contribution in [3.63, 3.8) is 0 Å². The van der Waals surface area contributed by atoms with Crippen LogP contribution in [0, 0.1) is 17.7 Å². The van der Waals surface area contributed by atoms with Crippen LogP contribution in [0.4, 0.5) is 13.2 Å². The first kappa shape index (κ1) is 21.3. The molecular weight excluding hydrogens is 459 g/mol. The average molecular weight is 477 g/mol. The van der Waals surface area contributed by atoms with Gasteiger partial charge in [0.2, 0.25) is 0 Å². The highest BCUT2D eigenvalue weighted by Crippen LogP contribution is 2.50. The number of hydrogen-bond acceptors (Lipinski definition) is 4. The van der Waals surface area contributed by atoms with Gasteiger partial charge in [-0.05, 0) is 18.2 Å². The highest BCUT2D eigenvalue weighted by Gasteiger charge is 2.45. The van der Waals surface area contributed by atoms with Gasteiger partial charge in [-0.25, -0.2) is 9.37 Å². The molecule has 0 saturated heterocycles. The smallest absolute Gasteiger partial charge is 0.387 e. The van der Waals surface area contributed by atoms with Crippen molar-refractivity contribution >= 4 is 16.9 Å². The third kappa shape index (κ3) is 3.26. The number of ether oxygens (including phenoxy) is 1. The first-order valence-electron chi connectivity index (χ1n) is 10.9. The van der Waals surface area contributed by atoms with Gasteiger partial charge in [0.05, 0.1) is 40.4 Å². The van der Waals surface area contributed by atoms with Crippen LogP contribution >= 0.6 is 0 Å². The van der Waals surface area contributed by atoms with Crippen molar-refractivity contribution in [2.75, 3.05) is 7.05 Å². The van der Waals surface area contributed by atoms with Crippen molar-refractivity contribution in [2.24, 2.45) is 7.05 Å². The van der Waals surface area contributed by atoms with Gasteiger partial charge in [-0.2, -0.15) is 13.9 Å². The zero-order chi connectivity index (χ0) is 24.4. The molecule has 4 heterocycles. The maximum absolute atomic E-state index is 14.9. The van der Waals surface area contributed by atoms with Gasteiger partial charge in [-0.15, -0.1) is 0 Å². The van der Waals surface area contributed by atoms with E-state index in [1.807, 2.05) is 4.57 Å². The topological polar surface area (TPSA) is 65.2 Å². The normalized spacial score (nSPS) is 18.3. The molecule has 35 heavy (non-hydrogen) atoms. The van der Waals surface area contributed by atoms with E-state index < -0.39 is 24.5 Å². The number of aromatic nitrogens is 4. The van der Waals surface area contributed by atoms with Crippen LogP contribution in [0.5, 0.6) is 5.75 Å². The maximum Gasteiger partial charge on any atom is 0.387 e. The molecular formula is C25H18F3N5O2. The fraction of sp³-hybridized carbons (Fsp3) is 0.240. The number of fused-ring (bicyclic) bond motifs is 9. The average Bonchev–Trinajstić information content (AvgIpc) is 3.48. The van der Waals surface area contributed by atoms with E-state index in [-0.39, 0.29) is 17.2 Å². The Bertz CT molecular complexity index is 1580. The number of hydrogen-bond donors (Lipinski definition) is 0. The van der Waals surface area contributed by atoms with Gasteiger partial charge < -0.3 is 14.2 Å². The Balaban J connectivity index is 1.55. The Hall–Kier alpha value is -4.26. The number of halogens is 3. The number of nitrogens with zero attached hydrogens (tertiary/aromatic N) is 5. The summed E-state index contributed by atoms with van der Waals surface area (Å²) in [6.45, 7) is -3.04. The Morgan fingerprint density at radius 1 is 1.17 bits per heavy atom. The second-order valence-corrected chi connectivity index (χ2v) is 8.59. The molecule has 7 nitrogen and oxygen atoms in total. The van der Waals surface area contributed by atoms with E-state index in [0.29, 0.717) is 40.0 Å². The number of rotatable bonds is 2. The van der Waals surface area contributed by atoms with E-state index in [1.54, 1.807) is 48.2 Å². The summed E-state index contributed by atoms with van der Waals surface area (Å²) >= 11 is 0. The summed E-state index contributed by atoms with van der Waals surface area (Å²) < 4.78 is 49.6. The molecule has 2 bridgehead atoms. The lowest BCUT2D eigenvalue weighted by molar-refractivity contribution is -0.0507. The molecule has 4 aromatic rings. The molecule has 2 aromatic carbocycles. The van der Waals surface area contributed by atoms with Crippen molar-refractivity contribution in [3.8, 4) is 17.6 Å². The third-order valence-corrected chi connectivity index (χ3v) is 6.54. The zero-order valence-electron chi connectivity index (χ0n) is 18.7. The van der Waals surface area contributed by atoms with Crippen molar-refractivity contribution < 1.29 is 22.7 Å². The van der Waals surface area contributed by atoms with E-state index in [1.165, 1.54) is 18.2 Å². The predicted molar refractivity (Wildman–Crippen MR) is 120 cm³/mol. The molecule has 2 aromatic heterocycles. The number of benzene rings is 2. The van der Waals surface area contributed by atoms with Gasteiger partial charge in [0, 0.05) is 43.9 Å². The van der Waals surface area contributed by atoms with Crippen molar-refractivity contribution in [1.82, 2.24) is 24.2 Å². The van der Waals surface area contributed by atoms with Crippen LogP contribution in [0.1, 0.15) is 51.4 Å². The Morgan fingerprint density at radius 3 is 2.74 bits per heavy atom. The first-order chi connectivity index (χ1) is 16.8. The summed E-state index contributed by atoms with van der Waals surface area (Å²) in [6.07, 6.45) is 3.74. The summed E-state index contributed by atoms with van der Waals surface area (Å²) in [4.78, 5) is 19.4. The quantitative estimate of drug-likeness (QED) is 0.409. The lowest BCUT2D eigenvalue weighted by Gasteiger charge is -2.24. The highest BCUT2D eigenvalue weighted by molar-refractivity contribution is 5.97. The largest absolute Gasteiger partial charge is 0.434 e. The van der Waals surface area contributed by atoms with Crippen molar-refractivity contribution in [2.45, 2.75) is 25.1 Å². The number of aryl methyl sites for hydroxylation is 1. The van der Waals surface area contributed by atoms with E-state index in [0.717, 1.165) is 0 Å². The molecule has 2 atom stereocenters. The summed E-state index contributed by atoms with van der Waals surface area (Å²) in [5, 5.41) is 4.06. The summed E-state index contributed by atoms with van der Waals surface area (Å²) in [7, 11) is 3.42. The minimum atomic E-state index is -3.04. The van der Waals surface area contributed by atoms with Crippen LogP contribution in [0.15, 0.2) is 42.7 Å². The van der Waals surface area contributed by atoms with Crippen LogP contribution in [0.2, 0.25) is 0 Å². The van der Waals surface area contributed by atoms with Crippen LogP contribution < -0.4 is 4.74 Å². The zero-order valence-corrected chi connectivity index (χ0v) is 18.7. The number of imidazole rings is 1. The molecule has 0 radical (unpaired) electrons. The van der Waals surface area contributed by atoms with Crippen LogP contribution in [-0.4, -0.2) is 43.8 Å². The van der Waals surface area contributed by atoms with Gasteiger partial charge in [0.1, 0.15) is 17.4 Å². The molecule has 0 N–H and O–H groups in total. The standard InChI is InChI=1S/C25H18F3N5O2/c1-31-12-13(11-29-31)6-7-14-8-18-17(9-16(14)26)30-23-20-10-19(33(18)23)22-15(24(34)32(20)2)4-3-5-21(22)35-25(27)28/h3-5,8-9,11-12,19-20,25H,10H2,1-2H3/t19-,20-/m1/s1. The molecule has 6 rings (SSSR count). The molecule has 2 aliphatic heterocycles. The first-order valence-corrected chi connectivity index (χ1v) is 10.9. The van der Waals surface area contributed by atoms with Crippen LogP contribution in [0.25, 0.3) is 11.0 Å². The molecule has 0 fully saturated rings. The van der Waals surface area contributed by atoms with E-state index in [4.69, 9.17) is 4.74 Å². The van der Waals surface area contributed by atoms with Crippen LogP contribution in [-0.2, 0) is 7.05 Å². The van der Waals surface area contributed by atoms with E-state index in [9.17, 15) is 18.0 Å². The van der Waals surface area contributed by atoms with Crippen molar-refractivity contribution in [3.05, 3.63) is 76.6 Å². The van der Waals surface area contributed by atoms with Gasteiger partial charge in [0.15, 0.2) is 0 Å². The lowest BCUT2D eigenvalue weighted by Crippen LogP contribution is -2.30. The molecule has 2 aliphatic rings. The fourth-order valence-electron chi connectivity index (χ4n) is 5.02. The minimum Gasteiger partial charge on any atom is -0.434 e. The molecule has 1 amide bonds. The monoisotopic (exact) mass is 477 g/mol. The Kier molecular flexibility index (Phi) is 4.64. The SMILES string of the molecule is CN1C(=O)c2cccc(OC(F)F)c2[C@H]2C[C@@H]1c1nc3cc(F)c(C#Cc4cnn(C)c4)cc3n12. The van der Waals surface area contributed by atoms with Crippen molar-refractivity contribution in [1.29, 1.82) is 0 Å². The molecule has 10 heteroatoms. The Labute approximate surface area is 197 Å². The molecule has 0 spiro atoms. The number of carbonyl (C=O) groups is 1. The number of alkyl halides is 2. The molecule has 176 valence electrons. The predicted octanol–water partition coefficient (Wildman–Crippen LogP) is 4.03. The van der Waals surface area contributed by atoms with E-state index in [2.05, 4.69) is 21.9 Å². The number of carbonyl (C=O) groups excluding carboxylic acids is 1. The summed E-state index contributed by atoms with van der Waals surface area (Å²) in [5.41, 5.74) is 2.48. The molecule has 0 aliphatic carbocycles. The second-order valence-electron chi connectivity index (χ2n) is 8.59. The van der Waals surface area contributed by atoms with Gasteiger partial charge in [-0.3, -0.25) is 9.48 Å².